The minimum absolute atomic E-state index is 0.00609. The Morgan fingerprint density at radius 2 is 2.00 bits per heavy atom. The zero-order chi connectivity index (χ0) is 19.1. The molecule has 6 nitrogen and oxygen atoms in total. The summed E-state index contributed by atoms with van der Waals surface area (Å²) in [5.41, 5.74) is 1.08. The maximum Gasteiger partial charge on any atom is 0.276 e. The number of piperazine rings is 1. The van der Waals surface area contributed by atoms with E-state index in [1.165, 1.54) is 18.8 Å². The van der Waals surface area contributed by atoms with E-state index in [1.54, 1.807) is 6.07 Å². The number of oxazole rings is 1. The lowest BCUT2D eigenvalue weighted by Crippen LogP contribution is -2.46. The highest BCUT2D eigenvalue weighted by Crippen LogP contribution is 2.38. The molecular weight excluding hydrogens is 359 g/mol. The van der Waals surface area contributed by atoms with Crippen LogP contribution < -0.4 is 4.90 Å². The molecule has 1 saturated carbocycles. The Hall–Kier alpha value is -2.41. The maximum atomic E-state index is 14.0. The van der Waals surface area contributed by atoms with Crippen LogP contribution in [0.25, 0.3) is 0 Å². The van der Waals surface area contributed by atoms with Gasteiger partial charge in [0.25, 0.3) is 5.91 Å². The molecule has 0 unspecified atom stereocenters. The van der Waals surface area contributed by atoms with Gasteiger partial charge in [0.05, 0.1) is 12.2 Å². The van der Waals surface area contributed by atoms with E-state index in [2.05, 4.69) is 14.8 Å². The molecule has 28 heavy (non-hydrogen) atoms. The van der Waals surface area contributed by atoms with Gasteiger partial charge in [0.1, 0.15) is 12.1 Å². The third kappa shape index (κ3) is 3.28. The number of likely N-dealkylation sites (tertiary alicyclic amines) is 1. The quantitative estimate of drug-likeness (QED) is 0.811. The lowest BCUT2D eigenvalue weighted by Gasteiger charge is -2.35. The van der Waals surface area contributed by atoms with Crippen molar-refractivity contribution < 1.29 is 13.6 Å². The van der Waals surface area contributed by atoms with Gasteiger partial charge in [0.15, 0.2) is 5.69 Å². The number of anilines is 1. The molecule has 1 aromatic carbocycles. The van der Waals surface area contributed by atoms with Crippen LogP contribution in [0.15, 0.2) is 34.9 Å². The molecular formula is C21H25FN4O2. The van der Waals surface area contributed by atoms with Crippen LogP contribution in [0.2, 0.25) is 0 Å². The van der Waals surface area contributed by atoms with Crippen molar-refractivity contribution in [1.82, 2.24) is 14.8 Å². The van der Waals surface area contributed by atoms with Crippen molar-refractivity contribution in [3.8, 4) is 0 Å². The Balaban J connectivity index is 1.17. The number of fused-ring (bicyclic) bond motifs is 2. The average Bonchev–Trinajstić information content (AvgIpc) is 3.46. The summed E-state index contributed by atoms with van der Waals surface area (Å²) >= 11 is 0. The fourth-order valence-electron chi connectivity index (χ4n) is 4.85. The fourth-order valence-corrected chi connectivity index (χ4v) is 4.85. The molecule has 1 amide bonds. The number of benzene rings is 1. The predicted molar refractivity (Wildman–Crippen MR) is 103 cm³/mol. The summed E-state index contributed by atoms with van der Waals surface area (Å²) in [4.78, 5) is 23.4. The van der Waals surface area contributed by atoms with Gasteiger partial charge in [-0.15, -0.1) is 0 Å². The van der Waals surface area contributed by atoms with Crippen molar-refractivity contribution >= 4 is 11.6 Å². The molecule has 2 atom stereocenters. The first kappa shape index (κ1) is 17.7. The van der Waals surface area contributed by atoms with E-state index in [4.69, 9.17) is 4.42 Å². The highest BCUT2D eigenvalue weighted by Gasteiger charge is 2.41. The second-order valence-electron chi connectivity index (χ2n) is 8.13. The van der Waals surface area contributed by atoms with E-state index < -0.39 is 0 Å². The minimum atomic E-state index is -0.178. The van der Waals surface area contributed by atoms with Crippen LogP contribution >= 0.6 is 0 Å². The van der Waals surface area contributed by atoms with Crippen LogP contribution in [0, 0.1) is 11.7 Å². The monoisotopic (exact) mass is 384 g/mol. The van der Waals surface area contributed by atoms with Crippen LogP contribution in [0.4, 0.5) is 10.1 Å². The van der Waals surface area contributed by atoms with E-state index in [9.17, 15) is 9.18 Å². The second kappa shape index (κ2) is 7.20. The molecule has 1 aromatic heterocycles. The van der Waals surface area contributed by atoms with Gasteiger partial charge in [-0.25, -0.2) is 9.37 Å². The highest BCUT2D eigenvalue weighted by molar-refractivity contribution is 5.92. The number of hydrogen-bond acceptors (Lipinski definition) is 5. The van der Waals surface area contributed by atoms with Gasteiger partial charge < -0.3 is 14.2 Å². The van der Waals surface area contributed by atoms with Crippen molar-refractivity contribution in [1.29, 1.82) is 0 Å². The van der Waals surface area contributed by atoms with Crippen LogP contribution in [-0.2, 0) is 6.54 Å². The summed E-state index contributed by atoms with van der Waals surface area (Å²) in [7, 11) is 0. The average molecular weight is 384 g/mol. The molecule has 0 radical (unpaired) electrons. The van der Waals surface area contributed by atoms with E-state index in [1.807, 2.05) is 17.0 Å². The van der Waals surface area contributed by atoms with E-state index >= 15 is 0 Å². The summed E-state index contributed by atoms with van der Waals surface area (Å²) in [6.07, 6.45) is 5.01. The number of carbonyl (C=O) groups is 1. The molecule has 1 aliphatic carbocycles. The number of piperidine rings is 1. The van der Waals surface area contributed by atoms with Crippen LogP contribution in [-0.4, -0.2) is 59.5 Å². The van der Waals surface area contributed by atoms with Crippen molar-refractivity contribution in [2.75, 3.05) is 37.6 Å². The molecule has 3 aliphatic rings. The van der Waals surface area contributed by atoms with Gasteiger partial charge >= 0.3 is 0 Å². The Labute approximate surface area is 163 Å². The number of para-hydroxylation sites is 1. The summed E-state index contributed by atoms with van der Waals surface area (Å²) in [5.74, 6) is 1.08. The van der Waals surface area contributed by atoms with Crippen molar-refractivity contribution in [3.05, 3.63) is 47.9 Å². The first-order valence-corrected chi connectivity index (χ1v) is 10.1. The second-order valence-corrected chi connectivity index (χ2v) is 8.13. The van der Waals surface area contributed by atoms with E-state index in [-0.39, 0.29) is 11.7 Å². The predicted octanol–water partition coefficient (Wildman–Crippen LogP) is 2.76. The number of amides is 1. The summed E-state index contributed by atoms with van der Waals surface area (Å²) in [6.45, 7) is 4.55. The fraction of sp³-hybridized carbons (Fsp3) is 0.524. The largest absolute Gasteiger partial charge is 0.447 e. The number of carbonyl (C=O) groups excluding carboxylic acids is 1. The Kier molecular flexibility index (Phi) is 4.55. The molecule has 5 rings (SSSR count). The minimum Gasteiger partial charge on any atom is -0.447 e. The van der Waals surface area contributed by atoms with Crippen molar-refractivity contribution in [3.63, 3.8) is 0 Å². The van der Waals surface area contributed by atoms with E-state index in [0.29, 0.717) is 35.8 Å². The summed E-state index contributed by atoms with van der Waals surface area (Å²) < 4.78 is 19.5. The van der Waals surface area contributed by atoms with Crippen LogP contribution in [0.1, 0.15) is 35.6 Å². The van der Waals surface area contributed by atoms with E-state index in [0.717, 1.165) is 45.6 Å². The topological polar surface area (TPSA) is 52.8 Å². The lowest BCUT2D eigenvalue weighted by atomic mass is 10.1. The first-order chi connectivity index (χ1) is 13.7. The summed E-state index contributed by atoms with van der Waals surface area (Å²) in [6, 6.07) is 7.29. The molecule has 7 heteroatoms. The normalized spacial score (nSPS) is 24.9. The molecule has 0 spiro atoms. The van der Waals surface area contributed by atoms with Gasteiger partial charge in [-0.3, -0.25) is 9.69 Å². The Bertz CT molecular complexity index is 862. The number of halogens is 1. The molecule has 2 aromatic rings. The highest BCUT2D eigenvalue weighted by atomic mass is 19.1. The van der Waals surface area contributed by atoms with Gasteiger partial charge in [0, 0.05) is 38.8 Å². The molecule has 3 heterocycles. The molecule has 2 bridgehead atoms. The van der Waals surface area contributed by atoms with Gasteiger partial charge in [0.2, 0.25) is 5.89 Å². The lowest BCUT2D eigenvalue weighted by molar-refractivity contribution is 0.0697. The standard InChI is InChI=1S/C21H25FN4O2/c22-17-3-1-2-4-19(17)25-9-7-24(8-10-25)13-20-23-18(14-28-20)21(27)26-12-15-5-6-16(26)11-15/h1-4,14-16H,5-13H2/t15-,16-/m0/s1. The van der Waals surface area contributed by atoms with Crippen LogP contribution in [0.3, 0.4) is 0 Å². The number of aromatic nitrogens is 1. The molecule has 3 fully saturated rings. The molecule has 0 N–H and O–H groups in total. The Morgan fingerprint density at radius 3 is 2.71 bits per heavy atom. The number of hydrogen-bond donors (Lipinski definition) is 0. The number of nitrogens with zero attached hydrogens (tertiary/aromatic N) is 4. The third-order valence-electron chi connectivity index (χ3n) is 6.37. The zero-order valence-electron chi connectivity index (χ0n) is 15.9. The van der Waals surface area contributed by atoms with Gasteiger partial charge in [-0.1, -0.05) is 12.1 Å². The molecule has 148 valence electrons. The van der Waals surface area contributed by atoms with Crippen molar-refractivity contribution in [2.45, 2.75) is 31.8 Å². The smallest absolute Gasteiger partial charge is 0.276 e. The third-order valence-corrected chi connectivity index (χ3v) is 6.37. The molecule has 2 saturated heterocycles. The molecule has 2 aliphatic heterocycles. The zero-order valence-corrected chi connectivity index (χ0v) is 15.9. The Morgan fingerprint density at radius 1 is 1.18 bits per heavy atom. The number of rotatable bonds is 4. The van der Waals surface area contributed by atoms with Crippen molar-refractivity contribution in [2.24, 2.45) is 5.92 Å². The summed E-state index contributed by atoms with van der Waals surface area (Å²) in [5, 5.41) is 0. The van der Waals surface area contributed by atoms with Gasteiger partial charge in [-0.2, -0.15) is 0 Å². The van der Waals surface area contributed by atoms with Gasteiger partial charge in [-0.05, 0) is 37.3 Å². The van der Waals surface area contributed by atoms with Crippen LogP contribution in [0.5, 0.6) is 0 Å². The maximum absolute atomic E-state index is 14.0. The SMILES string of the molecule is O=C(c1coc(CN2CCN(c3ccccc3F)CC2)n1)N1C[C@H]2CC[C@H]1C2. The first-order valence-electron chi connectivity index (χ1n) is 10.1.